The van der Waals surface area contributed by atoms with Crippen LogP contribution in [0.15, 0.2) is 119 Å². The molecule has 10 heterocycles. The van der Waals surface area contributed by atoms with E-state index in [1.807, 2.05) is 6.92 Å². The van der Waals surface area contributed by atoms with Crippen LogP contribution >= 0.6 is 43.2 Å². The van der Waals surface area contributed by atoms with Crippen molar-refractivity contribution in [1.82, 2.24) is 24.9 Å². The highest BCUT2D eigenvalue weighted by atomic mass is 33.1. The third-order valence-corrected chi connectivity index (χ3v) is 28.5. The summed E-state index contributed by atoms with van der Waals surface area (Å²) < 4.78 is 88.6. The molecule has 5 amide bonds. The third kappa shape index (κ3) is 7.95. The number of piperazine rings is 2. The van der Waals surface area contributed by atoms with Gasteiger partial charge in [0.1, 0.15) is 18.9 Å². The van der Waals surface area contributed by atoms with E-state index in [1.54, 1.807) is 98.9 Å². The zero-order valence-corrected chi connectivity index (χ0v) is 50.7. The van der Waals surface area contributed by atoms with Crippen LogP contribution in [0.3, 0.4) is 0 Å². The predicted molar refractivity (Wildman–Crippen MR) is 312 cm³/mol. The van der Waals surface area contributed by atoms with Gasteiger partial charge in [-0.25, -0.2) is 30.2 Å². The molecule has 0 saturated carbocycles. The molecule has 10 aliphatic heterocycles. The average molecular weight is 1250 g/mol. The molecular weight excluding hydrogens is 1190 g/mol. The van der Waals surface area contributed by atoms with E-state index in [4.69, 9.17) is 18.9 Å². The number of hydrogen-bond donors (Lipinski definition) is 1. The lowest BCUT2D eigenvalue weighted by molar-refractivity contribution is -0.167. The Labute approximate surface area is 497 Å². The van der Waals surface area contributed by atoms with Gasteiger partial charge in [-0.15, -0.1) is 0 Å². The number of sulfonamides is 2. The minimum Gasteiger partial charge on any atom is -0.434 e. The van der Waals surface area contributed by atoms with Gasteiger partial charge >= 0.3 is 6.16 Å². The fourth-order valence-electron chi connectivity index (χ4n) is 13.8. The first-order valence-electron chi connectivity index (χ1n) is 27.4. The Bertz CT molecular complexity index is 3560. The van der Waals surface area contributed by atoms with Crippen LogP contribution in [-0.2, 0) is 73.8 Å². The highest BCUT2D eigenvalue weighted by Gasteiger charge is 2.90. The van der Waals surface area contributed by atoms with Gasteiger partial charge in [0.15, 0.2) is 14.6 Å². The number of carbonyl (C=O) groups is 6. The van der Waals surface area contributed by atoms with Crippen LogP contribution in [-0.4, -0.2) is 164 Å². The summed E-state index contributed by atoms with van der Waals surface area (Å²) in [6.07, 6.45) is -3.20. The van der Waals surface area contributed by atoms with Crippen molar-refractivity contribution in [3.8, 4) is 0 Å². The maximum atomic E-state index is 16.4. The summed E-state index contributed by atoms with van der Waals surface area (Å²) in [7, 11) is -2.12. The number of amides is 5. The second kappa shape index (κ2) is 21.1. The Morgan fingerprint density at radius 1 is 0.566 bits per heavy atom. The largest absolute Gasteiger partial charge is 0.508 e. The summed E-state index contributed by atoms with van der Waals surface area (Å²) in [5.41, 5.74) is -2.74. The lowest BCUT2D eigenvalue weighted by atomic mass is 9.54. The fourth-order valence-corrected chi connectivity index (χ4v) is 24.7. The third-order valence-electron chi connectivity index (χ3n) is 17.5. The van der Waals surface area contributed by atoms with E-state index in [1.165, 1.54) is 81.1 Å². The Balaban J connectivity index is 0.957. The van der Waals surface area contributed by atoms with E-state index in [-0.39, 0.29) is 59.4 Å². The number of unbranched alkanes of at least 4 members (excludes halogenated alkanes) is 1. The summed E-state index contributed by atoms with van der Waals surface area (Å²) in [6.45, 7) is 5.13. The lowest BCUT2D eigenvalue weighted by Gasteiger charge is -2.59. The molecule has 2 spiro atoms. The van der Waals surface area contributed by atoms with Gasteiger partial charge in [0.25, 0.3) is 43.7 Å². The number of carbonyl (C=O) groups excluding carboxylic acids is 6. The van der Waals surface area contributed by atoms with Gasteiger partial charge in [0.05, 0.1) is 58.4 Å². The SMILES string of the molecule is CCCOCCOCCNC(=O)CCCCOC(=O)OC[C@]12SS[C@@]3(C[C@]4([C@]56C[C@@]78SS[C@@](CC)(C(=O)N7[C@H]5N(S(=O)(=O)c5ccccc5)c5ccccc56)N(C)C8=O)c5ccccc5N(S(=O)(=O)c5ccccc5)[C@@H]4N3C1=O)C(=O)N2C. The first-order valence-corrected chi connectivity index (χ1v) is 34.6. The fraction of sp³-hybridized carbons (Fsp3) is 0.464. The maximum Gasteiger partial charge on any atom is 0.508 e. The van der Waals surface area contributed by atoms with Crippen molar-refractivity contribution in [3.05, 3.63) is 120 Å². The van der Waals surface area contributed by atoms with E-state index < -0.39 is 99.1 Å². The van der Waals surface area contributed by atoms with E-state index in [9.17, 15) is 9.59 Å². The quantitative estimate of drug-likeness (QED) is 0.0554. The Morgan fingerprint density at radius 2 is 1.04 bits per heavy atom. The molecule has 440 valence electrons. The van der Waals surface area contributed by atoms with Gasteiger partial charge in [-0.1, -0.05) is 119 Å². The van der Waals surface area contributed by atoms with E-state index in [2.05, 4.69) is 5.32 Å². The number of nitrogens with zero attached hydrogens (tertiary/aromatic N) is 6. The van der Waals surface area contributed by atoms with Gasteiger partial charge in [0.2, 0.25) is 10.8 Å². The minimum absolute atomic E-state index is 0.115. The van der Waals surface area contributed by atoms with Crippen molar-refractivity contribution in [2.45, 2.75) is 111 Å². The summed E-state index contributed by atoms with van der Waals surface area (Å²) in [5.74, 6) is -2.59. The van der Waals surface area contributed by atoms with Gasteiger partial charge in [-0.2, -0.15) is 0 Å². The standard InChI is InChI=1S/C56H61N7O14S6/c1-5-29-74-32-33-75-31-28-57-43(64)27-17-18-30-76-50(69)77-36-56-49(68)61-45-52(35-55(61,80-81-56)47(66)59(56)4,40-24-14-16-26-42(40)63(45)83(72,73)38-21-11-8-12-22-38)51-34-54-46(65)58(3)53(6-2,78-79-54)48(67)60(54)44(51)62(41-25-15-13-23-39(41)51)82(70,71)37-19-9-7-10-20-37/h7-16,19-26,44-45H,5-6,17-18,27-36H2,1-4H3,(H,57,64)/t44-,45-,51-,52-,53-,54-,55-,56-/m0/s1. The number of hydrogen-bond acceptors (Lipinski definition) is 18. The van der Waals surface area contributed by atoms with Crippen LogP contribution in [0, 0.1) is 0 Å². The lowest BCUT2D eigenvalue weighted by Crippen LogP contribution is -2.78. The summed E-state index contributed by atoms with van der Waals surface area (Å²) in [6, 6.07) is 28.9. The van der Waals surface area contributed by atoms with Crippen LogP contribution in [0.25, 0.3) is 0 Å². The molecule has 8 fully saturated rings. The number of nitrogens with one attached hydrogen (secondary N) is 1. The molecular formula is C56H61N7O14S6. The number of rotatable bonds is 21. The number of para-hydroxylation sites is 2. The van der Waals surface area contributed by atoms with Crippen molar-refractivity contribution in [3.63, 3.8) is 0 Å². The smallest absolute Gasteiger partial charge is 0.434 e. The zero-order valence-electron chi connectivity index (χ0n) is 45.8. The topological polar surface area (TPSA) is 239 Å². The van der Waals surface area contributed by atoms with E-state index in [0.717, 1.165) is 28.0 Å². The molecule has 8 atom stereocenters. The zero-order chi connectivity index (χ0) is 58.5. The number of ether oxygens (including phenoxy) is 4. The average Bonchev–Trinajstić information content (AvgIpc) is 1.53. The summed E-state index contributed by atoms with van der Waals surface area (Å²) in [5, 5.41) is 2.79. The number of likely N-dealkylation sites (N-methyl/N-ethyl adjacent to an activating group) is 2. The van der Waals surface area contributed by atoms with Gasteiger partial charge in [0, 0.05) is 46.5 Å². The molecule has 10 aliphatic rings. The Morgan fingerprint density at radius 3 is 1.55 bits per heavy atom. The van der Waals surface area contributed by atoms with E-state index >= 15 is 36.0 Å². The highest BCUT2D eigenvalue weighted by Crippen LogP contribution is 2.81. The van der Waals surface area contributed by atoms with Crippen LogP contribution in [0.2, 0.25) is 0 Å². The molecule has 0 aliphatic carbocycles. The second-order valence-electron chi connectivity index (χ2n) is 21.6. The normalized spacial score (nSPS) is 29.9. The monoisotopic (exact) mass is 1250 g/mol. The molecule has 0 radical (unpaired) electrons. The van der Waals surface area contributed by atoms with Crippen molar-refractivity contribution in [1.29, 1.82) is 0 Å². The molecule has 8 saturated heterocycles. The predicted octanol–water partition coefficient (Wildman–Crippen LogP) is 6.21. The van der Waals surface area contributed by atoms with Crippen molar-refractivity contribution >= 4 is 110 Å². The minimum atomic E-state index is -4.79. The van der Waals surface area contributed by atoms with E-state index in [0.29, 0.717) is 56.9 Å². The molecule has 27 heteroatoms. The molecule has 4 bridgehead atoms. The molecule has 21 nitrogen and oxygen atoms in total. The van der Waals surface area contributed by atoms with Crippen LogP contribution in [0.4, 0.5) is 16.2 Å². The number of fused-ring (bicyclic) bond motifs is 11. The van der Waals surface area contributed by atoms with Gasteiger partial charge in [-0.3, -0.25) is 33.8 Å². The van der Waals surface area contributed by atoms with Crippen molar-refractivity contribution in [2.75, 3.05) is 68.9 Å². The highest BCUT2D eigenvalue weighted by molar-refractivity contribution is 8.78. The molecule has 83 heavy (non-hydrogen) atoms. The van der Waals surface area contributed by atoms with Gasteiger partial charge in [-0.05, 0) is 84.0 Å². The van der Waals surface area contributed by atoms with Crippen LogP contribution in [0.1, 0.15) is 69.9 Å². The number of benzene rings is 4. The molecule has 4 aromatic carbocycles. The van der Waals surface area contributed by atoms with Gasteiger partial charge < -0.3 is 34.1 Å². The van der Waals surface area contributed by atoms with Crippen LogP contribution in [0.5, 0.6) is 0 Å². The summed E-state index contributed by atoms with van der Waals surface area (Å²) in [4.78, 5) is 88.0. The Kier molecular flexibility index (Phi) is 14.7. The summed E-state index contributed by atoms with van der Waals surface area (Å²) >= 11 is 0. The maximum absolute atomic E-state index is 16.4. The molecule has 4 aromatic rings. The van der Waals surface area contributed by atoms with Crippen molar-refractivity contribution < 1.29 is 64.6 Å². The molecule has 0 aromatic heterocycles. The second-order valence-corrected chi connectivity index (χ2v) is 30.6. The number of anilines is 2. The van der Waals surface area contributed by atoms with Crippen molar-refractivity contribution in [2.24, 2.45) is 0 Å². The van der Waals surface area contributed by atoms with Crippen LogP contribution < -0.4 is 13.9 Å². The molecule has 1 N–H and O–H groups in total. The molecule has 14 rings (SSSR count). The first-order chi connectivity index (χ1) is 39.8. The Hall–Kier alpha value is -5.68. The molecule has 0 unspecified atom stereocenters. The first kappa shape index (κ1) is 57.7.